The summed E-state index contributed by atoms with van der Waals surface area (Å²) in [6.45, 7) is 2.01. The number of halogens is 1. The van der Waals surface area contributed by atoms with E-state index in [9.17, 15) is 9.90 Å². The van der Waals surface area contributed by atoms with Crippen LogP contribution in [0.2, 0.25) is 0 Å². The average Bonchev–Trinajstić information content (AvgIpc) is 2.31. The van der Waals surface area contributed by atoms with Crippen molar-refractivity contribution < 1.29 is 14.6 Å². The van der Waals surface area contributed by atoms with Crippen molar-refractivity contribution in [3.8, 4) is 11.8 Å². The quantitative estimate of drug-likeness (QED) is 0.684. The van der Waals surface area contributed by atoms with Crippen LogP contribution in [0.3, 0.4) is 0 Å². The van der Waals surface area contributed by atoms with Gasteiger partial charge in [-0.25, -0.2) is 0 Å². The highest BCUT2D eigenvalue weighted by molar-refractivity contribution is 9.08. The summed E-state index contributed by atoms with van der Waals surface area (Å²) >= 11 is 3.25. The lowest BCUT2D eigenvalue weighted by Crippen LogP contribution is -2.10. The Morgan fingerprint density at radius 2 is 2.24 bits per heavy atom. The predicted molar refractivity (Wildman–Crippen MR) is 65.8 cm³/mol. The van der Waals surface area contributed by atoms with Gasteiger partial charge in [-0.3, -0.25) is 4.79 Å². The Bertz CT molecular complexity index is 466. The van der Waals surface area contributed by atoms with Crippen LogP contribution >= 0.6 is 15.9 Å². The smallest absolute Gasteiger partial charge is 0.310 e. The molecular weight excluding hydrogens is 286 g/mol. The maximum Gasteiger partial charge on any atom is 0.310 e. The van der Waals surface area contributed by atoms with Gasteiger partial charge < -0.3 is 9.84 Å². The third-order valence-electron chi connectivity index (χ3n) is 2.29. The van der Waals surface area contributed by atoms with Gasteiger partial charge in [0.2, 0.25) is 0 Å². The summed E-state index contributed by atoms with van der Waals surface area (Å²) in [6, 6.07) is 4.97. The van der Waals surface area contributed by atoms with E-state index in [1.165, 1.54) is 12.1 Å². The number of ether oxygens (including phenoxy) is 1. The number of phenols is 1. The molecule has 0 aliphatic carbocycles. The van der Waals surface area contributed by atoms with Gasteiger partial charge in [0.25, 0.3) is 0 Å². The molecule has 0 atom stereocenters. The third-order valence-corrected chi connectivity index (χ3v) is 2.85. The average molecular weight is 298 g/mol. The molecule has 0 spiro atoms. The van der Waals surface area contributed by atoms with E-state index in [4.69, 9.17) is 10.00 Å². The fourth-order valence-corrected chi connectivity index (χ4v) is 2.13. The largest absolute Gasteiger partial charge is 0.508 e. The van der Waals surface area contributed by atoms with Crippen molar-refractivity contribution in [1.82, 2.24) is 0 Å². The summed E-state index contributed by atoms with van der Waals surface area (Å²) < 4.78 is 4.83. The Kier molecular flexibility index (Phi) is 4.98. The molecule has 5 heteroatoms. The van der Waals surface area contributed by atoms with Gasteiger partial charge in [-0.15, -0.1) is 0 Å². The van der Waals surface area contributed by atoms with Gasteiger partial charge in [0.15, 0.2) is 0 Å². The number of benzene rings is 1. The molecule has 0 aliphatic rings. The predicted octanol–water partition coefficient (Wildman–Crippen LogP) is 2.26. The van der Waals surface area contributed by atoms with E-state index in [-0.39, 0.29) is 12.2 Å². The summed E-state index contributed by atoms with van der Waals surface area (Å²) in [7, 11) is 0. The molecule has 1 rings (SSSR count). The van der Waals surface area contributed by atoms with E-state index in [1.807, 2.05) is 6.07 Å². The number of aromatic hydroxyl groups is 1. The number of rotatable bonds is 4. The van der Waals surface area contributed by atoms with Crippen molar-refractivity contribution in [2.75, 3.05) is 6.61 Å². The number of nitriles is 1. The zero-order valence-electron chi connectivity index (χ0n) is 9.36. The summed E-state index contributed by atoms with van der Waals surface area (Å²) in [4.78, 5) is 11.4. The van der Waals surface area contributed by atoms with Gasteiger partial charge in [0.1, 0.15) is 5.75 Å². The van der Waals surface area contributed by atoms with Crippen LogP contribution in [0, 0.1) is 11.3 Å². The minimum Gasteiger partial charge on any atom is -0.508 e. The number of hydrogen-bond donors (Lipinski definition) is 1. The first-order valence-electron chi connectivity index (χ1n) is 5.09. The third kappa shape index (κ3) is 3.21. The lowest BCUT2D eigenvalue weighted by molar-refractivity contribution is -0.142. The monoisotopic (exact) mass is 297 g/mol. The Hall–Kier alpha value is -1.54. The number of carbonyl (C=O) groups excluding carboxylic acids is 1. The number of nitrogens with zero attached hydrogens (tertiary/aromatic N) is 1. The highest BCUT2D eigenvalue weighted by Gasteiger charge is 2.15. The number of alkyl halides is 1. The molecule has 0 aromatic heterocycles. The first-order chi connectivity index (χ1) is 8.13. The van der Waals surface area contributed by atoms with Crippen LogP contribution in [0.25, 0.3) is 0 Å². The van der Waals surface area contributed by atoms with Gasteiger partial charge in [-0.05, 0) is 24.6 Å². The summed E-state index contributed by atoms with van der Waals surface area (Å²) in [6.07, 6.45) is -0.0316. The van der Waals surface area contributed by atoms with E-state index in [1.54, 1.807) is 6.92 Å². The van der Waals surface area contributed by atoms with Gasteiger partial charge in [0.05, 0.1) is 24.7 Å². The van der Waals surface area contributed by atoms with Crippen LogP contribution in [0.5, 0.6) is 5.75 Å². The summed E-state index contributed by atoms with van der Waals surface area (Å²) in [5.74, 6) is -0.411. The van der Waals surface area contributed by atoms with E-state index < -0.39 is 5.97 Å². The van der Waals surface area contributed by atoms with Crippen molar-refractivity contribution in [2.45, 2.75) is 18.7 Å². The first kappa shape index (κ1) is 13.5. The molecule has 0 aliphatic heterocycles. The minimum atomic E-state index is -0.417. The number of carbonyl (C=O) groups is 1. The molecule has 1 aromatic carbocycles. The van der Waals surface area contributed by atoms with Crippen LogP contribution < -0.4 is 0 Å². The zero-order chi connectivity index (χ0) is 12.8. The molecule has 0 fully saturated rings. The van der Waals surface area contributed by atoms with Crippen LogP contribution in [-0.4, -0.2) is 17.7 Å². The Morgan fingerprint density at radius 3 is 2.76 bits per heavy atom. The van der Waals surface area contributed by atoms with Crippen LogP contribution in [0.4, 0.5) is 0 Å². The molecule has 1 N–H and O–H groups in total. The molecule has 0 unspecified atom stereocenters. The van der Waals surface area contributed by atoms with E-state index in [2.05, 4.69) is 15.9 Å². The van der Waals surface area contributed by atoms with Crippen LogP contribution in [0.15, 0.2) is 12.1 Å². The van der Waals surface area contributed by atoms with Crippen molar-refractivity contribution in [2.24, 2.45) is 0 Å². The van der Waals surface area contributed by atoms with E-state index in [0.717, 1.165) is 0 Å². The first-order valence-corrected chi connectivity index (χ1v) is 6.21. The molecule has 0 radical (unpaired) electrons. The second-order valence-electron chi connectivity index (χ2n) is 3.32. The molecular formula is C12H12BrNO3. The molecule has 1 aromatic rings. The molecule has 0 bridgehead atoms. The Balaban J connectivity index is 3.13. The Labute approximate surface area is 108 Å². The lowest BCUT2D eigenvalue weighted by Gasteiger charge is -2.10. The molecule has 17 heavy (non-hydrogen) atoms. The maximum atomic E-state index is 11.4. The van der Waals surface area contributed by atoms with Crippen molar-refractivity contribution >= 4 is 21.9 Å². The molecule has 0 saturated carbocycles. The minimum absolute atomic E-state index is 0.00602. The normalized spacial score (nSPS) is 9.71. The van der Waals surface area contributed by atoms with E-state index in [0.29, 0.717) is 28.6 Å². The fourth-order valence-electron chi connectivity index (χ4n) is 1.49. The molecule has 0 saturated heterocycles. The zero-order valence-corrected chi connectivity index (χ0v) is 11.0. The number of hydrogen-bond acceptors (Lipinski definition) is 4. The van der Waals surface area contributed by atoms with Crippen molar-refractivity contribution in [3.05, 3.63) is 28.8 Å². The number of esters is 1. The van der Waals surface area contributed by atoms with Gasteiger partial charge >= 0.3 is 5.97 Å². The second-order valence-corrected chi connectivity index (χ2v) is 3.88. The van der Waals surface area contributed by atoms with Gasteiger partial charge in [0, 0.05) is 10.9 Å². The maximum absolute atomic E-state index is 11.4. The molecule has 4 nitrogen and oxygen atoms in total. The molecule has 0 heterocycles. The van der Waals surface area contributed by atoms with Gasteiger partial charge in [-0.2, -0.15) is 5.26 Å². The highest BCUT2D eigenvalue weighted by atomic mass is 79.9. The van der Waals surface area contributed by atoms with Crippen LogP contribution in [0.1, 0.15) is 23.6 Å². The van der Waals surface area contributed by atoms with Crippen LogP contribution in [-0.2, 0) is 21.3 Å². The van der Waals surface area contributed by atoms with Crippen molar-refractivity contribution in [1.29, 1.82) is 5.26 Å². The second kappa shape index (κ2) is 6.26. The van der Waals surface area contributed by atoms with Crippen molar-refractivity contribution in [3.63, 3.8) is 0 Å². The van der Waals surface area contributed by atoms with Gasteiger partial charge in [-0.1, -0.05) is 15.9 Å². The molecule has 0 amide bonds. The SMILES string of the molecule is CCOC(=O)Cc1c(O)ccc(C#N)c1CBr. The topological polar surface area (TPSA) is 70.3 Å². The standard InChI is InChI=1S/C12H12BrNO3/c1-2-17-12(16)5-9-10(6-13)8(7-14)3-4-11(9)15/h3-4,15H,2,5-6H2,1H3. The Morgan fingerprint density at radius 1 is 1.53 bits per heavy atom. The van der Waals surface area contributed by atoms with E-state index >= 15 is 0 Å². The molecule has 90 valence electrons. The fraction of sp³-hybridized carbons (Fsp3) is 0.333. The summed E-state index contributed by atoms with van der Waals surface area (Å²) in [5.41, 5.74) is 1.51. The highest BCUT2D eigenvalue weighted by Crippen LogP contribution is 2.27. The lowest BCUT2D eigenvalue weighted by atomic mass is 9.99. The summed E-state index contributed by atoms with van der Waals surface area (Å²) in [5, 5.41) is 19.1. The number of phenolic OH excluding ortho intramolecular Hbond substituents is 1.